The summed E-state index contributed by atoms with van der Waals surface area (Å²) in [5, 5.41) is 0. The van der Waals surface area contributed by atoms with Gasteiger partial charge in [-0.15, -0.1) is 0 Å². The highest BCUT2D eigenvalue weighted by Crippen LogP contribution is 2.25. The van der Waals surface area contributed by atoms with Gasteiger partial charge in [0.1, 0.15) is 5.82 Å². The molecule has 3 rings (SSSR count). The standard InChI is InChI=1S/C18H18N2/c1-12-9-10-16(11-13(12)2)14(3)20-15(4)19-17-7-5-6-8-18(17)20/h5-11H,3H2,1-2,4H3. The van der Waals surface area contributed by atoms with Gasteiger partial charge in [0.25, 0.3) is 0 Å². The van der Waals surface area contributed by atoms with E-state index in [4.69, 9.17) is 0 Å². The Bertz CT molecular complexity index is 809. The number of aromatic nitrogens is 2. The van der Waals surface area contributed by atoms with Crippen molar-refractivity contribution in [3.8, 4) is 0 Å². The molecule has 3 aromatic rings. The third-order valence-corrected chi connectivity index (χ3v) is 3.84. The zero-order valence-corrected chi connectivity index (χ0v) is 12.1. The highest BCUT2D eigenvalue weighted by molar-refractivity contribution is 5.82. The van der Waals surface area contributed by atoms with Crippen molar-refractivity contribution < 1.29 is 0 Å². The molecule has 0 saturated carbocycles. The predicted molar refractivity (Wildman–Crippen MR) is 84.8 cm³/mol. The molecule has 0 aliphatic carbocycles. The maximum atomic E-state index is 4.60. The predicted octanol–water partition coefficient (Wildman–Crippen LogP) is 4.48. The molecule has 2 heteroatoms. The van der Waals surface area contributed by atoms with Gasteiger partial charge in [0, 0.05) is 5.70 Å². The number of para-hydroxylation sites is 2. The van der Waals surface area contributed by atoms with Crippen molar-refractivity contribution in [3.05, 3.63) is 71.6 Å². The van der Waals surface area contributed by atoms with E-state index in [9.17, 15) is 0 Å². The van der Waals surface area contributed by atoms with Crippen LogP contribution in [0.25, 0.3) is 16.7 Å². The van der Waals surface area contributed by atoms with Gasteiger partial charge >= 0.3 is 0 Å². The maximum Gasteiger partial charge on any atom is 0.111 e. The van der Waals surface area contributed by atoms with Gasteiger partial charge in [0.05, 0.1) is 11.0 Å². The number of imidazole rings is 1. The van der Waals surface area contributed by atoms with Crippen LogP contribution in [0.2, 0.25) is 0 Å². The lowest BCUT2D eigenvalue weighted by molar-refractivity contribution is 1.03. The third kappa shape index (κ3) is 1.94. The van der Waals surface area contributed by atoms with E-state index in [-0.39, 0.29) is 0 Å². The lowest BCUT2D eigenvalue weighted by Crippen LogP contribution is -2.00. The van der Waals surface area contributed by atoms with Crippen LogP contribution in [0.4, 0.5) is 0 Å². The molecular weight excluding hydrogens is 244 g/mol. The van der Waals surface area contributed by atoms with Gasteiger partial charge in [-0.2, -0.15) is 0 Å². The number of fused-ring (bicyclic) bond motifs is 1. The Hall–Kier alpha value is -2.35. The van der Waals surface area contributed by atoms with Crippen LogP contribution in [0.1, 0.15) is 22.5 Å². The molecule has 1 heterocycles. The Balaban J connectivity index is 2.17. The summed E-state index contributed by atoms with van der Waals surface area (Å²) in [6, 6.07) is 14.6. The molecule has 0 unspecified atom stereocenters. The Morgan fingerprint density at radius 3 is 2.50 bits per heavy atom. The zero-order chi connectivity index (χ0) is 14.3. The van der Waals surface area contributed by atoms with Crippen molar-refractivity contribution in [2.75, 3.05) is 0 Å². The topological polar surface area (TPSA) is 17.8 Å². The highest BCUT2D eigenvalue weighted by Gasteiger charge is 2.11. The first kappa shape index (κ1) is 12.7. The molecule has 0 radical (unpaired) electrons. The van der Waals surface area contributed by atoms with Crippen LogP contribution < -0.4 is 0 Å². The molecule has 0 aliphatic heterocycles. The molecular formula is C18H18N2. The molecule has 0 aliphatic rings. The molecule has 1 aromatic heterocycles. The first-order chi connectivity index (χ1) is 9.58. The van der Waals surface area contributed by atoms with Crippen LogP contribution in [-0.4, -0.2) is 9.55 Å². The molecule has 2 nitrogen and oxygen atoms in total. The fraction of sp³-hybridized carbons (Fsp3) is 0.167. The average Bonchev–Trinajstić information content (AvgIpc) is 2.77. The second-order valence-electron chi connectivity index (χ2n) is 5.23. The summed E-state index contributed by atoms with van der Waals surface area (Å²) in [4.78, 5) is 4.60. The Morgan fingerprint density at radius 1 is 1.00 bits per heavy atom. The van der Waals surface area contributed by atoms with Gasteiger partial charge in [-0.3, -0.25) is 4.57 Å². The number of rotatable bonds is 2. The summed E-state index contributed by atoms with van der Waals surface area (Å²) in [5.74, 6) is 0.967. The lowest BCUT2D eigenvalue weighted by Gasteiger charge is -2.12. The molecule has 0 N–H and O–H groups in total. The monoisotopic (exact) mass is 262 g/mol. The zero-order valence-electron chi connectivity index (χ0n) is 12.1. The van der Waals surface area contributed by atoms with E-state index in [1.165, 1.54) is 11.1 Å². The molecule has 2 aromatic carbocycles. The minimum Gasteiger partial charge on any atom is -0.297 e. The van der Waals surface area contributed by atoms with Crippen molar-refractivity contribution in [1.29, 1.82) is 0 Å². The Morgan fingerprint density at radius 2 is 1.75 bits per heavy atom. The van der Waals surface area contributed by atoms with Crippen LogP contribution in [0, 0.1) is 20.8 Å². The summed E-state index contributed by atoms with van der Waals surface area (Å²) in [6.07, 6.45) is 0. The van der Waals surface area contributed by atoms with Crippen molar-refractivity contribution >= 4 is 16.7 Å². The summed E-state index contributed by atoms with van der Waals surface area (Å²) in [7, 11) is 0. The number of nitrogens with zero attached hydrogens (tertiary/aromatic N) is 2. The summed E-state index contributed by atoms with van der Waals surface area (Å²) in [6.45, 7) is 10.5. The Labute approximate surface area is 119 Å². The molecule has 0 saturated heterocycles. The quantitative estimate of drug-likeness (QED) is 0.665. The minimum atomic E-state index is 0.967. The Kier molecular flexibility index (Phi) is 2.94. The summed E-state index contributed by atoms with van der Waals surface area (Å²) < 4.78 is 2.12. The van der Waals surface area contributed by atoms with Gasteiger partial charge in [0.2, 0.25) is 0 Å². The fourth-order valence-corrected chi connectivity index (χ4v) is 2.54. The lowest BCUT2D eigenvalue weighted by atomic mass is 10.0. The molecule has 20 heavy (non-hydrogen) atoms. The van der Waals surface area contributed by atoms with E-state index in [0.717, 1.165) is 28.1 Å². The molecule has 0 bridgehead atoms. The van der Waals surface area contributed by atoms with Crippen LogP contribution >= 0.6 is 0 Å². The van der Waals surface area contributed by atoms with Gasteiger partial charge in [-0.1, -0.05) is 30.8 Å². The maximum absolute atomic E-state index is 4.60. The number of hydrogen-bond donors (Lipinski definition) is 0. The van der Waals surface area contributed by atoms with E-state index in [0.29, 0.717) is 0 Å². The van der Waals surface area contributed by atoms with Gasteiger partial charge in [0.15, 0.2) is 0 Å². The number of aryl methyl sites for hydroxylation is 3. The van der Waals surface area contributed by atoms with Crippen molar-refractivity contribution in [2.24, 2.45) is 0 Å². The van der Waals surface area contributed by atoms with Crippen molar-refractivity contribution in [2.45, 2.75) is 20.8 Å². The van der Waals surface area contributed by atoms with E-state index in [1.54, 1.807) is 0 Å². The molecule has 100 valence electrons. The normalized spacial score (nSPS) is 10.9. The first-order valence-electron chi connectivity index (χ1n) is 6.79. The molecule has 0 spiro atoms. The van der Waals surface area contributed by atoms with Crippen LogP contribution in [0.5, 0.6) is 0 Å². The average molecular weight is 262 g/mol. The molecule has 0 fully saturated rings. The van der Waals surface area contributed by atoms with E-state index in [1.807, 2.05) is 25.1 Å². The van der Waals surface area contributed by atoms with Crippen LogP contribution in [0.3, 0.4) is 0 Å². The summed E-state index contributed by atoms with van der Waals surface area (Å²) in [5.41, 5.74) is 6.81. The van der Waals surface area contributed by atoms with Crippen LogP contribution in [-0.2, 0) is 0 Å². The van der Waals surface area contributed by atoms with E-state index >= 15 is 0 Å². The molecule has 0 atom stereocenters. The first-order valence-corrected chi connectivity index (χ1v) is 6.79. The molecule has 0 amide bonds. The van der Waals surface area contributed by atoms with Gasteiger partial charge < -0.3 is 0 Å². The van der Waals surface area contributed by atoms with Crippen LogP contribution in [0.15, 0.2) is 49.0 Å². The van der Waals surface area contributed by atoms with Gasteiger partial charge in [-0.25, -0.2) is 4.98 Å². The minimum absolute atomic E-state index is 0.967. The largest absolute Gasteiger partial charge is 0.297 e. The smallest absolute Gasteiger partial charge is 0.111 e. The van der Waals surface area contributed by atoms with E-state index < -0.39 is 0 Å². The highest BCUT2D eigenvalue weighted by atomic mass is 15.1. The third-order valence-electron chi connectivity index (χ3n) is 3.84. The fourth-order valence-electron chi connectivity index (χ4n) is 2.54. The van der Waals surface area contributed by atoms with Gasteiger partial charge in [-0.05, 0) is 55.7 Å². The summed E-state index contributed by atoms with van der Waals surface area (Å²) >= 11 is 0. The SMILES string of the molecule is C=C(c1ccc(C)c(C)c1)n1c(C)nc2ccccc21. The number of benzene rings is 2. The number of hydrogen-bond acceptors (Lipinski definition) is 1. The van der Waals surface area contributed by atoms with Crippen molar-refractivity contribution in [1.82, 2.24) is 9.55 Å². The van der Waals surface area contributed by atoms with E-state index in [2.05, 4.69) is 54.2 Å². The van der Waals surface area contributed by atoms with Crippen molar-refractivity contribution in [3.63, 3.8) is 0 Å². The second kappa shape index (κ2) is 4.64. The second-order valence-corrected chi connectivity index (χ2v) is 5.23.